The highest BCUT2D eigenvalue weighted by Crippen LogP contribution is 2.17. The number of carbonyl (C=O) groups excluding carboxylic acids is 1. The maximum absolute atomic E-state index is 10.8. The molecule has 0 spiro atoms. The van der Waals surface area contributed by atoms with Gasteiger partial charge in [-0.15, -0.1) is 11.3 Å². The summed E-state index contributed by atoms with van der Waals surface area (Å²) in [5.74, 6) is 0.429. The van der Waals surface area contributed by atoms with Crippen LogP contribution in [0.5, 0.6) is 0 Å². The first-order chi connectivity index (χ1) is 6.63. The second kappa shape index (κ2) is 4.95. The van der Waals surface area contributed by atoms with Gasteiger partial charge in [0.1, 0.15) is 5.01 Å². The Morgan fingerprint density at radius 2 is 2.43 bits per heavy atom. The summed E-state index contributed by atoms with van der Waals surface area (Å²) in [6.45, 7) is 4.61. The molecule has 0 aliphatic heterocycles. The molecule has 0 bridgehead atoms. The number of nitrogens with zero attached hydrogens (tertiary/aromatic N) is 1. The molecule has 14 heavy (non-hydrogen) atoms. The van der Waals surface area contributed by atoms with Crippen molar-refractivity contribution < 1.29 is 9.53 Å². The lowest BCUT2D eigenvalue weighted by Gasteiger charge is -2.00. The van der Waals surface area contributed by atoms with Crippen molar-refractivity contribution in [2.75, 3.05) is 7.11 Å². The first-order valence-corrected chi connectivity index (χ1v) is 5.27. The van der Waals surface area contributed by atoms with Crippen molar-refractivity contribution in [3.8, 4) is 0 Å². The topological polar surface area (TPSA) is 51.2 Å². The Balaban J connectivity index is 2.48. The number of ether oxygens (including phenoxy) is 1. The second-order valence-corrected chi connectivity index (χ2v) is 4.11. The maximum atomic E-state index is 10.8. The molecule has 0 atom stereocenters. The van der Waals surface area contributed by atoms with Gasteiger partial charge in [-0.05, 0) is 5.92 Å². The number of aromatic nitrogens is 1. The van der Waals surface area contributed by atoms with Crippen molar-refractivity contribution in [3.05, 3.63) is 16.1 Å². The highest BCUT2D eigenvalue weighted by Gasteiger charge is 2.06. The molecular formula is C9H14N2O2S. The summed E-state index contributed by atoms with van der Waals surface area (Å²) >= 11 is 1.55. The Labute approximate surface area is 87.3 Å². The number of alkyl carbamates (subject to hydrolysis) is 1. The fourth-order valence-corrected chi connectivity index (χ4v) is 1.79. The minimum Gasteiger partial charge on any atom is -0.453 e. The van der Waals surface area contributed by atoms with Crippen molar-refractivity contribution in [1.82, 2.24) is 10.3 Å². The van der Waals surface area contributed by atoms with Crippen LogP contribution in [0.25, 0.3) is 0 Å². The number of nitrogens with one attached hydrogen (secondary N) is 1. The van der Waals surface area contributed by atoms with Gasteiger partial charge in [-0.1, -0.05) is 13.8 Å². The molecule has 1 aromatic rings. The Kier molecular flexibility index (Phi) is 3.88. The minimum atomic E-state index is -0.425. The monoisotopic (exact) mass is 214 g/mol. The van der Waals surface area contributed by atoms with E-state index in [0.29, 0.717) is 12.5 Å². The van der Waals surface area contributed by atoms with Gasteiger partial charge in [0.2, 0.25) is 0 Å². The number of carbonyl (C=O) groups is 1. The second-order valence-electron chi connectivity index (χ2n) is 3.17. The van der Waals surface area contributed by atoms with E-state index < -0.39 is 6.09 Å². The zero-order valence-electron chi connectivity index (χ0n) is 8.53. The van der Waals surface area contributed by atoms with Crippen LogP contribution in [0.15, 0.2) is 5.38 Å². The fourth-order valence-electron chi connectivity index (χ4n) is 0.891. The highest BCUT2D eigenvalue weighted by molar-refractivity contribution is 7.09. The largest absolute Gasteiger partial charge is 0.453 e. The van der Waals surface area contributed by atoms with Crippen LogP contribution in [0, 0.1) is 0 Å². The van der Waals surface area contributed by atoms with E-state index in [1.54, 1.807) is 11.3 Å². The van der Waals surface area contributed by atoms with Gasteiger partial charge in [0.05, 0.1) is 19.3 Å². The number of hydrogen-bond acceptors (Lipinski definition) is 4. The molecule has 0 unspecified atom stereocenters. The first-order valence-electron chi connectivity index (χ1n) is 4.39. The Morgan fingerprint density at radius 1 is 1.71 bits per heavy atom. The molecule has 0 aromatic carbocycles. The number of amides is 1. The SMILES string of the molecule is COC(=O)NCc1nc(C(C)C)cs1. The highest BCUT2D eigenvalue weighted by atomic mass is 32.1. The van der Waals surface area contributed by atoms with E-state index in [1.165, 1.54) is 7.11 Å². The number of thiazole rings is 1. The van der Waals surface area contributed by atoms with Gasteiger partial charge < -0.3 is 10.1 Å². The van der Waals surface area contributed by atoms with Crippen molar-refractivity contribution in [3.63, 3.8) is 0 Å². The molecule has 0 saturated heterocycles. The Morgan fingerprint density at radius 3 is 2.93 bits per heavy atom. The van der Waals surface area contributed by atoms with Gasteiger partial charge in [0.25, 0.3) is 0 Å². The summed E-state index contributed by atoms with van der Waals surface area (Å²) in [5, 5.41) is 5.50. The van der Waals surface area contributed by atoms with Crippen LogP contribution < -0.4 is 5.32 Å². The average molecular weight is 214 g/mol. The molecule has 1 N–H and O–H groups in total. The summed E-state index contributed by atoms with van der Waals surface area (Å²) in [6.07, 6.45) is -0.425. The van der Waals surface area contributed by atoms with Gasteiger partial charge in [-0.3, -0.25) is 0 Å². The zero-order chi connectivity index (χ0) is 10.6. The van der Waals surface area contributed by atoms with E-state index in [-0.39, 0.29) is 0 Å². The van der Waals surface area contributed by atoms with Crippen molar-refractivity contribution in [1.29, 1.82) is 0 Å². The first kappa shape index (κ1) is 11.0. The molecule has 0 radical (unpaired) electrons. The molecule has 0 aliphatic carbocycles. The van der Waals surface area contributed by atoms with Crippen LogP contribution in [-0.2, 0) is 11.3 Å². The average Bonchev–Trinajstić information content (AvgIpc) is 2.62. The van der Waals surface area contributed by atoms with Gasteiger partial charge in [0.15, 0.2) is 0 Å². The van der Waals surface area contributed by atoms with Gasteiger partial charge in [-0.2, -0.15) is 0 Å². The van der Waals surface area contributed by atoms with Crippen LogP contribution in [-0.4, -0.2) is 18.2 Å². The third-order valence-electron chi connectivity index (χ3n) is 1.73. The zero-order valence-corrected chi connectivity index (χ0v) is 9.35. The van der Waals surface area contributed by atoms with E-state index in [2.05, 4.69) is 28.9 Å². The van der Waals surface area contributed by atoms with Crippen LogP contribution in [0.2, 0.25) is 0 Å². The molecule has 0 fully saturated rings. The third-order valence-corrected chi connectivity index (χ3v) is 2.60. The smallest absolute Gasteiger partial charge is 0.407 e. The molecule has 1 heterocycles. The third kappa shape index (κ3) is 2.99. The van der Waals surface area contributed by atoms with Crippen LogP contribution >= 0.6 is 11.3 Å². The summed E-state index contributed by atoms with van der Waals surface area (Å²) in [4.78, 5) is 15.1. The standard InChI is InChI=1S/C9H14N2O2S/c1-6(2)7-5-14-8(11-7)4-10-9(12)13-3/h5-6H,4H2,1-3H3,(H,10,12). The lowest BCUT2D eigenvalue weighted by Crippen LogP contribution is -2.22. The molecule has 4 nitrogen and oxygen atoms in total. The molecule has 1 aromatic heterocycles. The van der Waals surface area contributed by atoms with Gasteiger partial charge >= 0.3 is 6.09 Å². The van der Waals surface area contributed by atoms with E-state index in [0.717, 1.165) is 10.7 Å². The summed E-state index contributed by atoms with van der Waals surface area (Å²) in [5.41, 5.74) is 1.07. The lowest BCUT2D eigenvalue weighted by atomic mass is 10.2. The Bertz CT molecular complexity index is 310. The van der Waals surface area contributed by atoms with E-state index >= 15 is 0 Å². The predicted octanol–water partition coefficient (Wildman–Crippen LogP) is 2.12. The molecular weight excluding hydrogens is 200 g/mol. The van der Waals surface area contributed by atoms with E-state index in [9.17, 15) is 4.79 Å². The van der Waals surface area contributed by atoms with Crippen molar-refractivity contribution >= 4 is 17.4 Å². The van der Waals surface area contributed by atoms with Crippen LogP contribution in [0.1, 0.15) is 30.5 Å². The van der Waals surface area contributed by atoms with Crippen LogP contribution in [0.3, 0.4) is 0 Å². The molecule has 0 saturated carbocycles. The molecule has 78 valence electrons. The summed E-state index contributed by atoms with van der Waals surface area (Å²) in [7, 11) is 1.34. The van der Waals surface area contributed by atoms with Gasteiger partial charge in [-0.25, -0.2) is 9.78 Å². The molecule has 1 amide bonds. The van der Waals surface area contributed by atoms with Crippen LogP contribution in [0.4, 0.5) is 4.79 Å². The van der Waals surface area contributed by atoms with Crippen molar-refractivity contribution in [2.45, 2.75) is 26.3 Å². The lowest BCUT2D eigenvalue weighted by molar-refractivity contribution is 0.170. The van der Waals surface area contributed by atoms with E-state index in [4.69, 9.17) is 0 Å². The number of rotatable bonds is 3. The van der Waals surface area contributed by atoms with Crippen molar-refractivity contribution in [2.24, 2.45) is 0 Å². The quantitative estimate of drug-likeness (QED) is 0.838. The molecule has 1 rings (SSSR count). The fraction of sp³-hybridized carbons (Fsp3) is 0.556. The summed E-state index contributed by atoms with van der Waals surface area (Å²) < 4.78 is 4.45. The summed E-state index contributed by atoms with van der Waals surface area (Å²) in [6, 6.07) is 0. The normalized spacial score (nSPS) is 10.3. The number of methoxy groups -OCH3 is 1. The predicted molar refractivity (Wildman–Crippen MR) is 55.4 cm³/mol. The number of hydrogen-bond donors (Lipinski definition) is 1. The van der Waals surface area contributed by atoms with E-state index in [1.807, 2.05) is 5.38 Å². The van der Waals surface area contributed by atoms with Gasteiger partial charge in [0, 0.05) is 5.38 Å². The Hall–Kier alpha value is -1.10. The molecule has 0 aliphatic rings. The molecule has 5 heteroatoms. The minimum absolute atomic E-state index is 0.425. The maximum Gasteiger partial charge on any atom is 0.407 e.